The summed E-state index contributed by atoms with van der Waals surface area (Å²) in [5.41, 5.74) is 21.6. The van der Waals surface area contributed by atoms with E-state index in [0.717, 1.165) is 109 Å². The van der Waals surface area contributed by atoms with Crippen LogP contribution < -0.4 is 48.7 Å². The molecular formula is C66H62N8O2. The Kier molecular flexibility index (Phi) is 10.5. The van der Waals surface area contributed by atoms with Gasteiger partial charge in [-0.3, -0.25) is 0 Å². The number of fused-ring (bicyclic) bond motifs is 4. The van der Waals surface area contributed by atoms with Gasteiger partial charge in [0.25, 0.3) is 0 Å². The molecule has 0 bridgehead atoms. The highest BCUT2D eigenvalue weighted by atomic mass is 16.5. The molecule has 0 unspecified atom stereocenters. The van der Waals surface area contributed by atoms with Gasteiger partial charge < -0.3 is 48.7 Å². The molecule has 0 saturated carbocycles. The Morgan fingerprint density at radius 1 is 0.303 bits per heavy atom. The van der Waals surface area contributed by atoms with Crippen molar-refractivity contribution in [2.45, 2.75) is 41.5 Å². The molecule has 0 fully saturated rings. The van der Waals surface area contributed by atoms with Crippen molar-refractivity contribution in [3.63, 3.8) is 0 Å². The Morgan fingerprint density at radius 3 is 1.04 bits per heavy atom. The van der Waals surface area contributed by atoms with Crippen molar-refractivity contribution in [1.82, 2.24) is 0 Å². The fourth-order valence-electron chi connectivity index (χ4n) is 11.6. The van der Waals surface area contributed by atoms with Crippen LogP contribution in [0, 0.1) is 41.5 Å². The van der Waals surface area contributed by atoms with Crippen molar-refractivity contribution in [3.8, 4) is 23.0 Å². The largest absolute Gasteiger partial charge is 0.457 e. The van der Waals surface area contributed by atoms with E-state index >= 15 is 0 Å². The van der Waals surface area contributed by atoms with E-state index in [1.807, 2.05) is 36.4 Å². The van der Waals surface area contributed by atoms with E-state index in [1.54, 1.807) is 0 Å². The van der Waals surface area contributed by atoms with E-state index in [0.29, 0.717) is 24.8 Å². The van der Waals surface area contributed by atoms with E-state index in [-0.39, 0.29) is 6.67 Å². The average molecular weight is 1000 g/mol. The van der Waals surface area contributed by atoms with Gasteiger partial charge in [0.05, 0.1) is 58.8 Å². The molecule has 0 amide bonds. The molecule has 0 aliphatic carbocycles. The van der Waals surface area contributed by atoms with E-state index in [9.17, 15) is 0 Å². The number of hydrogen-bond acceptors (Lipinski definition) is 10. The fraction of sp³-hybridized carbons (Fsp3) is 0.182. The quantitative estimate of drug-likeness (QED) is 0.132. The summed E-state index contributed by atoms with van der Waals surface area (Å²) >= 11 is 0. The lowest BCUT2D eigenvalue weighted by atomic mass is 10.0. The summed E-state index contributed by atoms with van der Waals surface area (Å²) in [6.07, 6.45) is 0. The van der Waals surface area contributed by atoms with Gasteiger partial charge in [-0.05, 0) is 172 Å². The molecule has 4 heterocycles. The van der Waals surface area contributed by atoms with Crippen LogP contribution in [0.5, 0.6) is 23.0 Å². The predicted molar refractivity (Wildman–Crippen MR) is 316 cm³/mol. The minimum atomic E-state index is -2.28. The van der Waals surface area contributed by atoms with Crippen LogP contribution in [0.4, 0.5) is 79.6 Å². The molecule has 9 aromatic carbocycles. The lowest BCUT2D eigenvalue weighted by Gasteiger charge is -2.26. The van der Waals surface area contributed by atoms with Crippen LogP contribution in [0.2, 0.25) is 0 Å². The highest BCUT2D eigenvalue weighted by molar-refractivity contribution is 5.91. The standard InChI is InChI=1S/C66H62N8O2/c1-43-45(3)63(73-39-67(7)55-23-9-11-25-57(55)73)37-65(47(43)5)75-53-21-17-19-51(35-53)71-41-69(59-27-13-15-29-61(59)71)49-31-33-50(34-32-49)70-42-72(62-30-16-14-28-60(62)70)52-20-18-22-54(36-52)76-66-38-64(46(4)44(2)48(66)6)74-40-68(8)56-24-10-12-26-58(56)74/h9-38H,39-42H2,1-8H3/i7D3. The summed E-state index contributed by atoms with van der Waals surface area (Å²) < 4.78 is 38.5. The molecule has 378 valence electrons. The number of ether oxygens (including phenoxy) is 2. The number of para-hydroxylation sites is 8. The van der Waals surface area contributed by atoms with Crippen molar-refractivity contribution in [3.05, 3.63) is 215 Å². The zero-order valence-electron chi connectivity index (χ0n) is 47.0. The van der Waals surface area contributed by atoms with Crippen LogP contribution in [0.3, 0.4) is 0 Å². The smallest absolute Gasteiger partial charge is 0.132 e. The number of rotatable bonds is 10. The summed E-state index contributed by atoms with van der Waals surface area (Å²) in [5, 5.41) is 0. The molecule has 13 rings (SSSR count). The number of hydrogen-bond donors (Lipinski definition) is 0. The Labute approximate surface area is 451 Å². The highest BCUT2D eigenvalue weighted by Gasteiger charge is 2.32. The van der Waals surface area contributed by atoms with Crippen LogP contribution >= 0.6 is 0 Å². The number of anilines is 14. The van der Waals surface area contributed by atoms with E-state index in [4.69, 9.17) is 13.6 Å². The second-order valence-electron chi connectivity index (χ2n) is 20.5. The first kappa shape index (κ1) is 43.4. The molecular weight excluding hydrogens is 937 g/mol. The SMILES string of the molecule is [2H]C([2H])([2H])N1CN(c2cc(Oc3cccc(N4CN(c5ccc(N6CN(c7cccc(Oc8cc(N9CN(C)c%10ccccc%109)c(C)c(C)c8C)c7)c7ccccc76)cc5)c5ccccc54)c3)c(C)c(C)c2C)c2ccccc21. The van der Waals surface area contributed by atoms with E-state index in [1.165, 1.54) is 27.4 Å². The van der Waals surface area contributed by atoms with E-state index < -0.39 is 6.98 Å². The molecule has 76 heavy (non-hydrogen) atoms. The summed E-state index contributed by atoms with van der Waals surface area (Å²) in [6, 6.07) is 63.4. The van der Waals surface area contributed by atoms with Gasteiger partial charge in [-0.2, -0.15) is 0 Å². The van der Waals surface area contributed by atoms with Gasteiger partial charge in [-0.1, -0.05) is 60.7 Å². The third-order valence-electron chi connectivity index (χ3n) is 16.2. The van der Waals surface area contributed by atoms with Crippen LogP contribution in [-0.4, -0.2) is 40.7 Å². The topological polar surface area (TPSA) is 44.4 Å². The van der Waals surface area contributed by atoms with Crippen LogP contribution in [-0.2, 0) is 0 Å². The van der Waals surface area contributed by atoms with Crippen LogP contribution in [0.25, 0.3) is 0 Å². The normalized spacial score (nSPS) is 15.2. The monoisotopic (exact) mass is 1000 g/mol. The summed E-state index contributed by atoms with van der Waals surface area (Å²) in [5.74, 6) is 3.08. The maximum atomic E-state index is 8.29. The lowest BCUT2D eigenvalue weighted by molar-refractivity contribution is 0.478. The van der Waals surface area contributed by atoms with Crippen LogP contribution in [0.1, 0.15) is 37.5 Å². The van der Waals surface area contributed by atoms with Gasteiger partial charge in [0.1, 0.15) is 36.3 Å². The molecule has 4 aliphatic heterocycles. The Bertz CT molecular complexity index is 3860. The zero-order chi connectivity index (χ0) is 54.4. The number of nitrogens with zero attached hydrogens (tertiary/aromatic N) is 8. The summed E-state index contributed by atoms with van der Waals surface area (Å²) in [4.78, 5) is 17.7. The number of benzene rings is 9. The van der Waals surface area contributed by atoms with Gasteiger partial charge in [0.2, 0.25) is 0 Å². The first-order valence-corrected chi connectivity index (χ1v) is 26.1. The Hall–Kier alpha value is -9.02. The van der Waals surface area contributed by atoms with Crippen LogP contribution in [0.15, 0.2) is 182 Å². The molecule has 10 nitrogen and oxygen atoms in total. The molecule has 0 saturated heterocycles. The second kappa shape index (κ2) is 18.4. The van der Waals surface area contributed by atoms with Crippen molar-refractivity contribution in [1.29, 1.82) is 0 Å². The van der Waals surface area contributed by atoms with Crippen molar-refractivity contribution in [2.75, 3.05) is 79.9 Å². The molecule has 4 aliphatic rings. The first-order chi connectivity index (χ1) is 38.2. The minimum Gasteiger partial charge on any atom is -0.457 e. The van der Waals surface area contributed by atoms with Crippen molar-refractivity contribution < 1.29 is 13.6 Å². The molecule has 10 heteroatoms. The summed E-state index contributed by atoms with van der Waals surface area (Å²) in [6.45, 7) is 12.8. The molecule has 0 radical (unpaired) electrons. The Morgan fingerprint density at radius 2 is 0.645 bits per heavy atom. The maximum absolute atomic E-state index is 8.29. The van der Waals surface area contributed by atoms with Crippen molar-refractivity contribution in [2.24, 2.45) is 0 Å². The zero-order valence-corrected chi connectivity index (χ0v) is 44.0. The molecule has 0 N–H and O–H groups in total. The molecule has 0 atom stereocenters. The third kappa shape index (κ3) is 7.77. The second-order valence-corrected chi connectivity index (χ2v) is 20.5. The third-order valence-corrected chi connectivity index (χ3v) is 16.2. The molecule has 9 aromatic rings. The van der Waals surface area contributed by atoms with Gasteiger partial charge in [-0.25, -0.2) is 0 Å². The maximum Gasteiger partial charge on any atom is 0.132 e. The highest BCUT2D eigenvalue weighted by Crippen LogP contribution is 2.50. The fourth-order valence-corrected chi connectivity index (χ4v) is 11.6. The van der Waals surface area contributed by atoms with Crippen molar-refractivity contribution >= 4 is 79.6 Å². The van der Waals surface area contributed by atoms with Gasteiger partial charge >= 0.3 is 0 Å². The van der Waals surface area contributed by atoms with E-state index in [2.05, 4.69) is 228 Å². The molecule has 0 aromatic heterocycles. The minimum absolute atomic E-state index is 0.211. The Balaban J connectivity index is 0.736. The lowest BCUT2D eigenvalue weighted by Crippen LogP contribution is -2.25. The predicted octanol–water partition coefficient (Wildman–Crippen LogP) is 16.7. The average Bonchev–Trinajstić information content (AvgIpc) is 4.46. The van der Waals surface area contributed by atoms with Gasteiger partial charge in [0.15, 0.2) is 0 Å². The first-order valence-electron chi connectivity index (χ1n) is 27.6. The molecule has 0 spiro atoms. The van der Waals surface area contributed by atoms with Gasteiger partial charge in [-0.15, -0.1) is 0 Å². The summed E-state index contributed by atoms with van der Waals surface area (Å²) in [7, 11) is 2.15. The van der Waals surface area contributed by atoms with Gasteiger partial charge in [0, 0.05) is 76.5 Å².